The van der Waals surface area contributed by atoms with Crippen LogP contribution in [-0.4, -0.2) is 5.78 Å². The second kappa shape index (κ2) is 117. The average molecular weight is 834 g/mol. The van der Waals surface area contributed by atoms with Gasteiger partial charge in [-0.3, -0.25) is 0 Å². The maximum atomic E-state index is 9.44. The Hall–Kier alpha value is -0.330. The molecule has 366 valence electrons. The van der Waals surface area contributed by atoms with Gasteiger partial charge in [-0.1, -0.05) is 356 Å². The standard InChI is InChI=1S/9C6H14.C3H6O/c9*1-3-5-6-4-2;1-3(2)4/h9*3-6H2,1-2H3;1-2H3. The summed E-state index contributed by atoms with van der Waals surface area (Å²) in [6.45, 7) is 43.2. The Morgan fingerprint density at radius 3 is 0.224 bits per heavy atom. The Balaban J connectivity index is -0.0000000553. The number of rotatable bonds is 27. The molecule has 0 aliphatic carbocycles. The lowest BCUT2D eigenvalue weighted by molar-refractivity contribution is -0.115. The van der Waals surface area contributed by atoms with Crippen LogP contribution in [0.3, 0.4) is 0 Å². The fourth-order valence-corrected chi connectivity index (χ4v) is 4.50. The van der Waals surface area contributed by atoms with Gasteiger partial charge in [0.2, 0.25) is 0 Å². The van der Waals surface area contributed by atoms with Crippen LogP contribution in [0.2, 0.25) is 0 Å². The van der Waals surface area contributed by atoms with Crippen molar-refractivity contribution in [2.45, 2.75) is 370 Å². The summed E-state index contributed by atoms with van der Waals surface area (Å²) in [5.74, 6) is 0.167. The van der Waals surface area contributed by atoms with Crippen LogP contribution >= 0.6 is 0 Å². The molecular formula is C57H132O. The zero-order chi connectivity index (χ0) is 47.0. The first-order valence-corrected chi connectivity index (χ1v) is 27.4. The molecule has 0 atom stereocenters. The minimum atomic E-state index is 0.167. The quantitative estimate of drug-likeness (QED) is 0.0754. The molecule has 0 aromatic carbocycles. The van der Waals surface area contributed by atoms with Crippen LogP contribution in [0.15, 0.2) is 0 Å². The molecule has 0 aromatic heterocycles. The van der Waals surface area contributed by atoms with E-state index in [-0.39, 0.29) is 5.78 Å². The van der Waals surface area contributed by atoms with E-state index in [0.29, 0.717) is 0 Å². The topological polar surface area (TPSA) is 17.1 Å². The Kier molecular flexibility index (Phi) is 165. The Morgan fingerprint density at radius 1 is 0.172 bits per heavy atom. The van der Waals surface area contributed by atoms with Crippen molar-refractivity contribution in [3.8, 4) is 0 Å². The summed E-state index contributed by atoms with van der Waals surface area (Å²) >= 11 is 0. The number of Topliss-reactive ketones (excluding diaryl/α,β-unsaturated/α-hetero) is 1. The molecule has 0 heterocycles. The number of carbonyl (C=O) groups is 1. The summed E-state index contributed by atoms with van der Waals surface area (Å²) < 4.78 is 0. The van der Waals surface area contributed by atoms with E-state index >= 15 is 0 Å². The average Bonchev–Trinajstić information content (AvgIpc) is 3.24. The third kappa shape index (κ3) is 234. The molecule has 0 saturated heterocycles. The summed E-state index contributed by atoms with van der Waals surface area (Å²) in [6, 6.07) is 0. The highest BCUT2D eigenvalue weighted by Crippen LogP contribution is 1.99. The second-order valence-electron chi connectivity index (χ2n) is 16.3. The predicted molar refractivity (Wildman–Crippen MR) is 285 cm³/mol. The molecule has 0 unspecified atom stereocenters. The number of ketones is 1. The van der Waals surface area contributed by atoms with Gasteiger partial charge >= 0.3 is 0 Å². The molecule has 0 aliphatic heterocycles. The smallest absolute Gasteiger partial charge is 0.126 e. The maximum Gasteiger partial charge on any atom is 0.126 e. The van der Waals surface area contributed by atoms with Gasteiger partial charge in [0.15, 0.2) is 0 Å². The van der Waals surface area contributed by atoms with Gasteiger partial charge in [0.25, 0.3) is 0 Å². The van der Waals surface area contributed by atoms with Crippen LogP contribution < -0.4 is 0 Å². The number of hydrogen-bond donors (Lipinski definition) is 0. The highest BCUT2D eigenvalue weighted by atomic mass is 16.1. The third-order valence-electron chi connectivity index (χ3n) is 8.61. The number of carbonyl (C=O) groups excluding carboxylic acids is 1. The van der Waals surface area contributed by atoms with E-state index in [4.69, 9.17) is 0 Å². The van der Waals surface area contributed by atoms with Crippen LogP contribution in [0.4, 0.5) is 0 Å². The molecule has 0 fully saturated rings. The molecule has 1 heteroatoms. The van der Waals surface area contributed by atoms with Gasteiger partial charge in [-0.15, -0.1) is 0 Å². The number of unbranched alkanes of at least 4 members (excludes halogenated alkanes) is 27. The molecule has 1 nitrogen and oxygen atoms in total. The Labute approximate surface area is 378 Å². The summed E-state index contributed by atoms with van der Waals surface area (Å²) in [5.41, 5.74) is 0. The molecule has 0 amide bonds. The minimum Gasteiger partial charge on any atom is -0.300 e. The van der Waals surface area contributed by atoms with Crippen molar-refractivity contribution in [3.63, 3.8) is 0 Å². The van der Waals surface area contributed by atoms with Crippen molar-refractivity contribution < 1.29 is 4.79 Å². The summed E-state index contributed by atoms with van der Waals surface area (Å²) in [5, 5.41) is 0. The highest BCUT2D eigenvalue weighted by Gasteiger charge is 1.79. The molecule has 0 aromatic rings. The van der Waals surface area contributed by atoms with E-state index < -0.39 is 0 Å². The summed E-state index contributed by atoms with van der Waals surface area (Å²) in [6.07, 6.45) is 49.8. The van der Waals surface area contributed by atoms with Crippen molar-refractivity contribution in [1.29, 1.82) is 0 Å². The van der Waals surface area contributed by atoms with E-state index in [9.17, 15) is 4.79 Å². The maximum absolute atomic E-state index is 9.44. The van der Waals surface area contributed by atoms with Crippen LogP contribution in [0.25, 0.3) is 0 Å². The van der Waals surface area contributed by atoms with E-state index in [2.05, 4.69) is 125 Å². The van der Waals surface area contributed by atoms with Crippen molar-refractivity contribution in [2.75, 3.05) is 0 Å². The largest absolute Gasteiger partial charge is 0.300 e. The van der Waals surface area contributed by atoms with E-state index in [1.807, 2.05) is 0 Å². The Morgan fingerprint density at radius 2 is 0.207 bits per heavy atom. The van der Waals surface area contributed by atoms with E-state index in [1.165, 1.54) is 245 Å². The second-order valence-corrected chi connectivity index (χ2v) is 16.3. The van der Waals surface area contributed by atoms with Crippen molar-refractivity contribution in [1.82, 2.24) is 0 Å². The van der Waals surface area contributed by atoms with Crippen LogP contribution in [0, 0.1) is 0 Å². The normalized spacial score (nSPS) is 8.83. The van der Waals surface area contributed by atoms with Gasteiger partial charge in [0.05, 0.1) is 0 Å². The molecule has 0 spiro atoms. The SMILES string of the molecule is CC(C)=O.CCCCCC.CCCCCC.CCCCCC.CCCCCC.CCCCCC.CCCCCC.CCCCCC.CCCCCC.CCCCCC. The van der Waals surface area contributed by atoms with Gasteiger partial charge in [-0.25, -0.2) is 0 Å². The van der Waals surface area contributed by atoms with Crippen molar-refractivity contribution in [3.05, 3.63) is 0 Å². The first-order valence-electron chi connectivity index (χ1n) is 27.4. The lowest BCUT2D eigenvalue weighted by Crippen LogP contribution is -1.69. The van der Waals surface area contributed by atoms with E-state index in [0.717, 1.165) is 0 Å². The zero-order valence-electron chi connectivity index (χ0n) is 46.4. The first-order chi connectivity index (χ1) is 28.0. The third-order valence-corrected chi connectivity index (χ3v) is 8.61. The molecule has 0 saturated carbocycles. The highest BCUT2D eigenvalue weighted by molar-refractivity contribution is 5.72. The molecule has 58 heavy (non-hydrogen) atoms. The van der Waals surface area contributed by atoms with Crippen LogP contribution in [0.5, 0.6) is 0 Å². The van der Waals surface area contributed by atoms with Crippen LogP contribution in [0.1, 0.15) is 370 Å². The fourth-order valence-electron chi connectivity index (χ4n) is 4.50. The minimum absolute atomic E-state index is 0.167. The van der Waals surface area contributed by atoms with Crippen molar-refractivity contribution in [2.24, 2.45) is 0 Å². The summed E-state index contributed by atoms with van der Waals surface area (Å²) in [4.78, 5) is 9.44. The van der Waals surface area contributed by atoms with Gasteiger partial charge in [0.1, 0.15) is 5.78 Å². The van der Waals surface area contributed by atoms with Crippen molar-refractivity contribution >= 4 is 5.78 Å². The van der Waals surface area contributed by atoms with E-state index in [1.54, 1.807) is 0 Å². The molecular weight excluding hydrogens is 701 g/mol. The van der Waals surface area contributed by atoms with Gasteiger partial charge in [-0.2, -0.15) is 0 Å². The molecule has 0 bridgehead atoms. The molecule has 0 radical (unpaired) electrons. The number of hydrogen-bond acceptors (Lipinski definition) is 1. The molecule has 0 rings (SSSR count). The zero-order valence-corrected chi connectivity index (χ0v) is 46.4. The predicted octanol–water partition coefficient (Wildman–Crippen LogP) is 23.9. The Bertz CT molecular complexity index is 302. The fraction of sp³-hybridized carbons (Fsp3) is 0.982. The van der Waals surface area contributed by atoms with Crippen LogP contribution in [-0.2, 0) is 4.79 Å². The van der Waals surface area contributed by atoms with Gasteiger partial charge < -0.3 is 4.79 Å². The molecule has 0 N–H and O–H groups in total. The lowest BCUT2D eigenvalue weighted by Gasteiger charge is -1.86. The first kappa shape index (κ1) is 81.5. The monoisotopic (exact) mass is 833 g/mol. The van der Waals surface area contributed by atoms with Gasteiger partial charge in [-0.05, 0) is 13.8 Å². The molecule has 0 aliphatic rings. The van der Waals surface area contributed by atoms with Gasteiger partial charge in [0, 0.05) is 0 Å². The summed E-state index contributed by atoms with van der Waals surface area (Å²) in [7, 11) is 0. The lowest BCUT2D eigenvalue weighted by atomic mass is 10.2.